The highest BCUT2D eigenvalue weighted by molar-refractivity contribution is 6.05. The van der Waals surface area contributed by atoms with Gasteiger partial charge in [-0.1, -0.05) is 32.4 Å². The molecule has 1 aliphatic heterocycles. The van der Waals surface area contributed by atoms with Gasteiger partial charge in [-0.05, 0) is 42.7 Å². The van der Waals surface area contributed by atoms with Crippen LogP contribution >= 0.6 is 0 Å². The second kappa shape index (κ2) is 9.23. The average Bonchev–Trinajstić information content (AvgIpc) is 2.70. The van der Waals surface area contributed by atoms with Gasteiger partial charge in [0.05, 0.1) is 17.6 Å². The molecule has 0 aromatic heterocycles. The number of rotatable bonds is 7. The van der Waals surface area contributed by atoms with E-state index < -0.39 is 0 Å². The molecule has 0 aliphatic carbocycles. The van der Waals surface area contributed by atoms with E-state index in [0.717, 1.165) is 29.8 Å². The summed E-state index contributed by atoms with van der Waals surface area (Å²) in [5.74, 6) is 0.169. The number of carbonyl (C=O) groups excluding carboxylic acids is 1. The van der Waals surface area contributed by atoms with E-state index in [2.05, 4.69) is 28.0 Å². The number of carbonyl (C=O) groups is 1. The van der Waals surface area contributed by atoms with Crippen LogP contribution in [0.2, 0.25) is 0 Å². The summed E-state index contributed by atoms with van der Waals surface area (Å²) < 4.78 is 0. The van der Waals surface area contributed by atoms with Crippen molar-refractivity contribution in [1.29, 1.82) is 0 Å². The van der Waals surface area contributed by atoms with Crippen molar-refractivity contribution in [3.05, 3.63) is 53.1 Å². The van der Waals surface area contributed by atoms with E-state index in [4.69, 9.17) is 0 Å². The third kappa shape index (κ3) is 4.93. The monoisotopic (exact) mass is 394 g/mol. The first-order valence-electron chi connectivity index (χ1n) is 9.79. The number of benzene rings is 2. The lowest BCUT2D eigenvalue weighted by molar-refractivity contribution is -0.121. The van der Waals surface area contributed by atoms with E-state index in [1.54, 1.807) is 12.1 Å². The van der Waals surface area contributed by atoms with Crippen LogP contribution in [0.5, 0.6) is 11.5 Å². The van der Waals surface area contributed by atoms with E-state index in [9.17, 15) is 15.0 Å². The molecular formula is C22H26N4O3. The fourth-order valence-corrected chi connectivity index (χ4v) is 3.24. The maximum Gasteiger partial charge on any atom is 0.240 e. The summed E-state index contributed by atoms with van der Waals surface area (Å²) in [6.45, 7) is 4.04. The van der Waals surface area contributed by atoms with Crippen LogP contribution in [0.25, 0.3) is 0 Å². The summed E-state index contributed by atoms with van der Waals surface area (Å²) >= 11 is 0. The van der Waals surface area contributed by atoms with Crippen LogP contribution in [0.15, 0.2) is 46.6 Å². The number of anilines is 1. The predicted octanol–water partition coefficient (Wildman–Crippen LogP) is 3.75. The average molecular weight is 394 g/mol. The SMILES string of the molecule is CCCCc1c(O)ccc(C=NNc2ccc(C3=NNC(=O)CC3C)cc2)c1O. The van der Waals surface area contributed by atoms with Gasteiger partial charge in [0.25, 0.3) is 0 Å². The van der Waals surface area contributed by atoms with Crippen molar-refractivity contribution in [3.63, 3.8) is 0 Å². The molecule has 3 rings (SSSR count). The number of phenolic OH excluding ortho intramolecular Hbond substituents is 2. The van der Waals surface area contributed by atoms with Gasteiger partial charge in [-0.2, -0.15) is 10.2 Å². The maximum absolute atomic E-state index is 11.4. The number of nitrogens with zero attached hydrogens (tertiary/aromatic N) is 2. The molecule has 0 bridgehead atoms. The highest BCUT2D eigenvalue weighted by atomic mass is 16.3. The van der Waals surface area contributed by atoms with E-state index in [-0.39, 0.29) is 23.3 Å². The second-order valence-corrected chi connectivity index (χ2v) is 7.19. The summed E-state index contributed by atoms with van der Waals surface area (Å²) in [5, 5.41) is 28.7. The predicted molar refractivity (Wildman–Crippen MR) is 115 cm³/mol. The van der Waals surface area contributed by atoms with Crippen molar-refractivity contribution in [2.45, 2.75) is 39.5 Å². The number of phenols is 2. The Labute approximate surface area is 170 Å². The molecule has 0 saturated heterocycles. The van der Waals surface area contributed by atoms with Gasteiger partial charge in [0.2, 0.25) is 5.91 Å². The maximum atomic E-state index is 11.4. The number of hydrogen-bond donors (Lipinski definition) is 4. The molecule has 0 saturated carbocycles. The first kappa shape index (κ1) is 20.4. The van der Waals surface area contributed by atoms with E-state index in [1.165, 1.54) is 6.21 Å². The van der Waals surface area contributed by atoms with Gasteiger partial charge < -0.3 is 10.2 Å². The standard InChI is InChI=1S/C22H26N4O3/c1-3-4-5-18-19(27)11-8-16(22(18)29)13-23-24-17-9-6-15(7-10-17)21-14(2)12-20(28)25-26-21/h6-11,13-14,24,27,29H,3-5,12H2,1-2H3,(H,25,28). The fraction of sp³-hybridized carbons (Fsp3) is 0.318. The van der Waals surface area contributed by atoms with Gasteiger partial charge in [0, 0.05) is 23.5 Å². The molecule has 152 valence electrons. The van der Waals surface area contributed by atoms with Crippen molar-refractivity contribution < 1.29 is 15.0 Å². The van der Waals surface area contributed by atoms with Crippen LogP contribution < -0.4 is 10.9 Å². The van der Waals surface area contributed by atoms with E-state index >= 15 is 0 Å². The molecule has 1 atom stereocenters. The van der Waals surface area contributed by atoms with Crippen molar-refractivity contribution in [1.82, 2.24) is 5.43 Å². The lowest BCUT2D eigenvalue weighted by Gasteiger charge is -2.19. The minimum Gasteiger partial charge on any atom is -0.508 e. The number of aromatic hydroxyl groups is 2. The number of unbranched alkanes of at least 4 members (excludes halogenated alkanes) is 1. The lowest BCUT2D eigenvalue weighted by atomic mass is 9.94. The molecule has 1 amide bonds. The summed E-state index contributed by atoms with van der Waals surface area (Å²) in [4.78, 5) is 11.4. The minimum absolute atomic E-state index is 0.0608. The molecule has 2 aromatic rings. The third-order valence-corrected chi connectivity index (χ3v) is 4.91. The zero-order valence-electron chi connectivity index (χ0n) is 16.6. The Balaban J connectivity index is 1.67. The van der Waals surface area contributed by atoms with Gasteiger partial charge >= 0.3 is 0 Å². The fourth-order valence-electron chi connectivity index (χ4n) is 3.24. The Morgan fingerprint density at radius 3 is 2.69 bits per heavy atom. The highest BCUT2D eigenvalue weighted by Gasteiger charge is 2.21. The van der Waals surface area contributed by atoms with Gasteiger partial charge in [0.15, 0.2) is 0 Å². The second-order valence-electron chi connectivity index (χ2n) is 7.19. The highest BCUT2D eigenvalue weighted by Crippen LogP contribution is 2.31. The Bertz CT molecular complexity index is 936. The quantitative estimate of drug-likeness (QED) is 0.424. The smallest absolute Gasteiger partial charge is 0.240 e. The molecule has 0 spiro atoms. The largest absolute Gasteiger partial charge is 0.508 e. The van der Waals surface area contributed by atoms with Crippen molar-refractivity contribution in [2.75, 3.05) is 5.43 Å². The van der Waals surface area contributed by atoms with Crippen molar-refractivity contribution in [2.24, 2.45) is 16.1 Å². The first-order valence-corrected chi connectivity index (χ1v) is 9.79. The van der Waals surface area contributed by atoms with Gasteiger partial charge in [0.1, 0.15) is 11.5 Å². The topological polar surface area (TPSA) is 106 Å². The molecule has 0 fully saturated rings. The van der Waals surface area contributed by atoms with E-state index in [1.807, 2.05) is 31.2 Å². The molecule has 4 N–H and O–H groups in total. The Kier molecular flexibility index (Phi) is 6.49. The summed E-state index contributed by atoms with van der Waals surface area (Å²) in [5.41, 5.74) is 9.13. The zero-order valence-corrected chi connectivity index (χ0v) is 16.6. The summed E-state index contributed by atoms with van der Waals surface area (Å²) in [6, 6.07) is 10.8. The number of amides is 1. The first-order chi connectivity index (χ1) is 14.0. The van der Waals surface area contributed by atoms with Crippen LogP contribution in [0, 0.1) is 5.92 Å². The van der Waals surface area contributed by atoms with Crippen molar-refractivity contribution in [3.8, 4) is 11.5 Å². The van der Waals surface area contributed by atoms with Crippen LogP contribution in [0.3, 0.4) is 0 Å². The Morgan fingerprint density at radius 1 is 1.24 bits per heavy atom. The number of hydrazone groups is 2. The van der Waals surface area contributed by atoms with Gasteiger partial charge in [-0.25, -0.2) is 5.43 Å². The normalized spacial score (nSPS) is 16.6. The van der Waals surface area contributed by atoms with Crippen LogP contribution in [-0.2, 0) is 11.2 Å². The lowest BCUT2D eigenvalue weighted by Crippen LogP contribution is -2.31. The van der Waals surface area contributed by atoms with Crippen LogP contribution in [0.4, 0.5) is 5.69 Å². The number of nitrogens with one attached hydrogen (secondary N) is 2. The minimum atomic E-state index is -0.0655. The Morgan fingerprint density at radius 2 is 2.00 bits per heavy atom. The van der Waals surface area contributed by atoms with E-state index in [0.29, 0.717) is 24.0 Å². The molecular weight excluding hydrogens is 368 g/mol. The molecule has 7 nitrogen and oxygen atoms in total. The van der Waals surface area contributed by atoms with Gasteiger partial charge in [-0.15, -0.1) is 0 Å². The van der Waals surface area contributed by atoms with Crippen molar-refractivity contribution >= 4 is 23.5 Å². The summed E-state index contributed by atoms with van der Waals surface area (Å²) in [7, 11) is 0. The molecule has 7 heteroatoms. The number of hydrogen-bond acceptors (Lipinski definition) is 6. The molecule has 1 heterocycles. The van der Waals surface area contributed by atoms with Crippen LogP contribution in [0.1, 0.15) is 49.8 Å². The molecule has 29 heavy (non-hydrogen) atoms. The summed E-state index contributed by atoms with van der Waals surface area (Å²) in [6.07, 6.45) is 4.44. The molecule has 1 unspecified atom stereocenters. The third-order valence-electron chi connectivity index (χ3n) is 4.91. The zero-order chi connectivity index (χ0) is 20.8. The molecule has 1 aliphatic rings. The molecule has 0 radical (unpaired) electrons. The Hall–Kier alpha value is -3.35. The van der Waals surface area contributed by atoms with Crippen LogP contribution in [-0.4, -0.2) is 28.0 Å². The molecule has 2 aromatic carbocycles. The van der Waals surface area contributed by atoms with Gasteiger partial charge in [-0.3, -0.25) is 10.2 Å².